The Morgan fingerprint density at radius 3 is 2.23 bits per heavy atom. The highest BCUT2D eigenvalue weighted by atomic mass is 16.5. The maximum atomic E-state index is 12.4. The molecule has 1 N–H and O–H groups in total. The molecule has 0 aliphatic carbocycles. The fourth-order valence-electron chi connectivity index (χ4n) is 2.67. The van der Waals surface area contributed by atoms with Crippen LogP contribution in [0.5, 0.6) is 0 Å². The minimum atomic E-state index is -0.495. The van der Waals surface area contributed by atoms with E-state index < -0.39 is 5.97 Å². The zero-order valence-electron chi connectivity index (χ0n) is 14.0. The Labute approximate surface area is 149 Å². The summed E-state index contributed by atoms with van der Waals surface area (Å²) in [6.07, 6.45) is 0.412. The van der Waals surface area contributed by atoms with Gasteiger partial charge in [-0.15, -0.1) is 0 Å². The molecule has 3 rings (SSSR count). The first-order chi connectivity index (χ1) is 12.5. The number of hydrogen-bond acceptors (Lipinski definition) is 5. The number of rotatable bonds is 4. The van der Waals surface area contributed by atoms with Crippen molar-refractivity contribution in [2.24, 2.45) is 0 Å². The number of ether oxygens (including phenoxy) is 1. The number of carbonyl (C=O) groups excluding carboxylic acids is 4. The van der Waals surface area contributed by atoms with Crippen molar-refractivity contribution in [3.63, 3.8) is 0 Å². The maximum Gasteiger partial charge on any atom is 0.337 e. The second kappa shape index (κ2) is 7.18. The number of hydrogen-bond donors (Lipinski definition) is 1. The van der Waals surface area contributed by atoms with E-state index in [4.69, 9.17) is 0 Å². The van der Waals surface area contributed by atoms with Gasteiger partial charge >= 0.3 is 5.97 Å². The Morgan fingerprint density at radius 2 is 1.62 bits per heavy atom. The number of nitrogens with one attached hydrogen (secondary N) is 1. The van der Waals surface area contributed by atoms with Crippen molar-refractivity contribution in [1.82, 2.24) is 0 Å². The molecule has 1 saturated heterocycles. The van der Waals surface area contributed by atoms with Crippen molar-refractivity contribution in [3.8, 4) is 0 Å². The molecule has 1 heterocycles. The molecule has 0 unspecified atom stereocenters. The molecule has 0 aromatic heterocycles. The third-order valence-electron chi connectivity index (χ3n) is 3.98. The molecule has 7 nitrogen and oxygen atoms in total. The standard InChI is InChI=1S/C19H16N2O5/c1-26-19(25)13-3-2-4-14(11-13)20-18(24)12-5-7-15(8-6-12)21-16(22)9-10-17(21)23/h2-8,11H,9-10H2,1H3,(H,20,24). The van der Waals surface area contributed by atoms with Gasteiger partial charge in [-0.25, -0.2) is 4.79 Å². The van der Waals surface area contributed by atoms with Crippen LogP contribution in [0.25, 0.3) is 0 Å². The van der Waals surface area contributed by atoms with Gasteiger partial charge in [-0.3, -0.25) is 19.3 Å². The maximum absolute atomic E-state index is 12.4. The molecule has 2 aromatic rings. The highest BCUT2D eigenvalue weighted by Crippen LogP contribution is 2.23. The van der Waals surface area contributed by atoms with Crippen LogP contribution in [0.4, 0.5) is 11.4 Å². The average molecular weight is 352 g/mol. The molecule has 1 aliphatic rings. The Morgan fingerprint density at radius 1 is 0.962 bits per heavy atom. The van der Waals surface area contributed by atoms with Crippen LogP contribution in [0, 0.1) is 0 Å². The molecule has 26 heavy (non-hydrogen) atoms. The zero-order chi connectivity index (χ0) is 18.7. The molecule has 1 fully saturated rings. The Kier molecular flexibility index (Phi) is 4.79. The van der Waals surface area contributed by atoms with Crippen molar-refractivity contribution >= 4 is 35.1 Å². The third-order valence-corrected chi connectivity index (χ3v) is 3.98. The molecular weight excluding hydrogens is 336 g/mol. The van der Waals surface area contributed by atoms with Gasteiger partial charge in [-0.1, -0.05) is 6.07 Å². The van der Waals surface area contributed by atoms with Crippen LogP contribution in [0.1, 0.15) is 33.6 Å². The van der Waals surface area contributed by atoms with Gasteiger partial charge in [0, 0.05) is 24.1 Å². The van der Waals surface area contributed by atoms with Crippen molar-refractivity contribution in [2.45, 2.75) is 12.8 Å². The molecule has 0 bridgehead atoms. The number of esters is 1. The number of methoxy groups -OCH3 is 1. The van der Waals surface area contributed by atoms with E-state index in [-0.39, 0.29) is 30.6 Å². The lowest BCUT2D eigenvalue weighted by molar-refractivity contribution is -0.121. The number of carbonyl (C=O) groups is 4. The molecule has 2 aromatic carbocycles. The molecule has 0 radical (unpaired) electrons. The lowest BCUT2D eigenvalue weighted by atomic mass is 10.1. The van der Waals surface area contributed by atoms with Gasteiger partial charge in [-0.2, -0.15) is 0 Å². The zero-order valence-corrected chi connectivity index (χ0v) is 14.0. The van der Waals surface area contributed by atoms with E-state index in [2.05, 4.69) is 10.1 Å². The summed E-state index contributed by atoms with van der Waals surface area (Å²) in [4.78, 5) is 48.5. The van der Waals surface area contributed by atoms with E-state index in [0.717, 1.165) is 4.90 Å². The minimum Gasteiger partial charge on any atom is -0.465 e. The third kappa shape index (κ3) is 3.46. The van der Waals surface area contributed by atoms with E-state index in [9.17, 15) is 19.2 Å². The quantitative estimate of drug-likeness (QED) is 0.674. The molecule has 1 aliphatic heterocycles. The summed E-state index contributed by atoms with van der Waals surface area (Å²) >= 11 is 0. The smallest absolute Gasteiger partial charge is 0.337 e. The number of benzene rings is 2. The van der Waals surface area contributed by atoms with Gasteiger partial charge in [0.05, 0.1) is 18.4 Å². The summed E-state index contributed by atoms with van der Waals surface area (Å²) in [5.41, 5.74) is 1.58. The topological polar surface area (TPSA) is 92.8 Å². The van der Waals surface area contributed by atoms with Crippen molar-refractivity contribution in [3.05, 3.63) is 59.7 Å². The van der Waals surface area contributed by atoms with Crippen LogP contribution >= 0.6 is 0 Å². The summed E-state index contributed by atoms with van der Waals surface area (Å²) < 4.78 is 4.65. The largest absolute Gasteiger partial charge is 0.465 e. The predicted octanol–water partition coefficient (Wildman–Crippen LogP) is 2.38. The van der Waals surface area contributed by atoms with Crippen LogP contribution in [0.2, 0.25) is 0 Å². The fourth-order valence-corrected chi connectivity index (χ4v) is 2.67. The van der Waals surface area contributed by atoms with Crippen molar-refractivity contribution < 1.29 is 23.9 Å². The Bertz CT molecular complexity index is 873. The van der Waals surface area contributed by atoms with Crippen LogP contribution in [0.15, 0.2) is 48.5 Å². The number of nitrogens with zero attached hydrogens (tertiary/aromatic N) is 1. The molecule has 0 spiro atoms. The van der Waals surface area contributed by atoms with Gasteiger partial charge in [0.2, 0.25) is 11.8 Å². The highest BCUT2D eigenvalue weighted by molar-refractivity contribution is 6.20. The Hall–Kier alpha value is -3.48. The normalized spacial score (nSPS) is 13.7. The van der Waals surface area contributed by atoms with E-state index in [1.165, 1.54) is 25.3 Å². The summed E-state index contributed by atoms with van der Waals surface area (Å²) in [6, 6.07) is 12.6. The Balaban J connectivity index is 1.74. The van der Waals surface area contributed by atoms with E-state index in [1.807, 2.05) is 0 Å². The first-order valence-corrected chi connectivity index (χ1v) is 7.95. The highest BCUT2D eigenvalue weighted by Gasteiger charge is 2.30. The van der Waals surface area contributed by atoms with E-state index in [0.29, 0.717) is 22.5 Å². The van der Waals surface area contributed by atoms with Gasteiger partial charge in [0.25, 0.3) is 5.91 Å². The molecule has 0 saturated carbocycles. The second-order valence-electron chi connectivity index (χ2n) is 5.70. The van der Waals surface area contributed by atoms with Gasteiger partial charge < -0.3 is 10.1 Å². The van der Waals surface area contributed by atoms with Gasteiger partial charge in [-0.05, 0) is 42.5 Å². The van der Waals surface area contributed by atoms with Crippen molar-refractivity contribution in [1.29, 1.82) is 0 Å². The van der Waals surface area contributed by atoms with E-state index in [1.54, 1.807) is 30.3 Å². The van der Waals surface area contributed by atoms with Crippen LogP contribution in [-0.4, -0.2) is 30.8 Å². The molecule has 3 amide bonds. The van der Waals surface area contributed by atoms with Gasteiger partial charge in [0.15, 0.2) is 0 Å². The fraction of sp³-hybridized carbons (Fsp3) is 0.158. The average Bonchev–Trinajstić information content (AvgIpc) is 2.99. The molecular formula is C19H16N2O5. The monoisotopic (exact) mass is 352 g/mol. The van der Waals surface area contributed by atoms with Gasteiger partial charge in [0.1, 0.15) is 0 Å². The second-order valence-corrected chi connectivity index (χ2v) is 5.70. The summed E-state index contributed by atoms with van der Waals surface area (Å²) in [6.45, 7) is 0. The number of imide groups is 1. The molecule has 0 atom stereocenters. The van der Waals surface area contributed by atoms with Crippen LogP contribution in [0.3, 0.4) is 0 Å². The van der Waals surface area contributed by atoms with Crippen LogP contribution < -0.4 is 10.2 Å². The summed E-state index contributed by atoms with van der Waals surface area (Å²) in [5.74, 6) is -1.36. The number of anilines is 2. The minimum absolute atomic E-state index is 0.206. The summed E-state index contributed by atoms with van der Waals surface area (Å²) in [5, 5.41) is 2.69. The first-order valence-electron chi connectivity index (χ1n) is 7.95. The lowest BCUT2D eigenvalue weighted by Gasteiger charge is -2.14. The first kappa shape index (κ1) is 17.3. The van der Waals surface area contributed by atoms with Crippen LogP contribution in [-0.2, 0) is 14.3 Å². The van der Waals surface area contributed by atoms with Crippen molar-refractivity contribution in [2.75, 3.05) is 17.3 Å². The summed E-state index contributed by atoms with van der Waals surface area (Å²) in [7, 11) is 1.28. The molecule has 7 heteroatoms. The van der Waals surface area contributed by atoms with E-state index >= 15 is 0 Å². The lowest BCUT2D eigenvalue weighted by Crippen LogP contribution is -2.28. The predicted molar refractivity (Wildman–Crippen MR) is 93.9 cm³/mol. The number of amides is 3. The SMILES string of the molecule is COC(=O)c1cccc(NC(=O)c2ccc(N3C(=O)CCC3=O)cc2)c1. The molecule has 132 valence electrons.